The van der Waals surface area contributed by atoms with Gasteiger partial charge in [-0.3, -0.25) is 4.79 Å². The molecule has 0 atom stereocenters. The molecular weight excluding hydrogens is 330 g/mol. The van der Waals surface area contributed by atoms with Gasteiger partial charge in [0.1, 0.15) is 5.76 Å². The molecule has 2 heterocycles. The summed E-state index contributed by atoms with van der Waals surface area (Å²) in [7, 11) is 0. The van der Waals surface area contributed by atoms with Crippen LogP contribution in [0.4, 0.5) is 11.6 Å². The molecule has 0 aliphatic carbocycles. The number of hydrogen-bond donors (Lipinski definition) is 2. The quantitative estimate of drug-likeness (QED) is 0.739. The molecule has 3 aromatic rings. The van der Waals surface area contributed by atoms with E-state index < -0.39 is 0 Å². The molecule has 0 aliphatic rings. The number of amides is 1. The maximum atomic E-state index is 12.1. The zero-order valence-electron chi connectivity index (χ0n) is 12.8. The first kappa shape index (κ1) is 15.9. The van der Waals surface area contributed by atoms with Crippen LogP contribution in [0.15, 0.2) is 47.0 Å². The molecule has 2 aromatic heterocycles. The summed E-state index contributed by atoms with van der Waals surface area (Å²) in [4.78, 5) is 12.1. The molecule has 0 saturated carbocycles. The second-order valence-corrected chi connectivity index (χ2v) is 5.43. The van der Waals surface area contributed by atoms with Crippen LogP contribution in [0, 0.1) is 6.92 Å². The fourth-order valence-electron chi connectivity index (χ4n) is 1.98. The number of benzene rings is 1. The summed E-state index contributed by atoms with van der Waals surface area (Å²) in [6.07, 6.45) is 0. The van der Waals surface area contributed by atoms with Crippen LogP contribution in [0.5, 0.6) is 0 Å². The molecule has 1 amide bonds. The summed E-state index contributed by atoms with van der Waals surface area (Å²) in [6, 6.07) is 12.3. The van der Waals surface area contributed by atoms with E-state index in [2.05, 4.69) is 26.0 Å². The van der Waals surface area contributed by atoms with Gasteiger partial charge in [-0.2, -0.15) is 0 Å². The Morgan fingerprint density at radius 2 is 2.00 bits per heavy atom. The van der Waals surface area contributed by atoms with Gasteiger partial charge in [0.05, 0.1) is 0 Å². The lowest BCUT2D eigenvalue weighted by atomic mass is 10.2. The summed E-state index contributed by atoms with van der Waals surface area (Å²) in [5, 5.41) is 17.9. The Morgan fingerprint density at radius 1 is 1.17 bits per heavy atom. The predicted molar refractivity (Wildman–Crippen MR) is 89.2 cm³/mol. The van der Waals surface area contributed by atoms with Crippen molar-refractivity contribution >= 4 is 29.1 Å². The number of anilines is 2. The van der Waals surface area contributed by atoms with Crippen molar-refractivity contribution in [1.29, 1.82) is 0 Å². The Balaban J connectivity index is 1.60. The van der Waals surface area contributed by atoms with Crippen LogP contribution in [0.2, 0.25) is 5.02 Å². The summed E-state index contributed by atoms with van der Waals surface area (Å²) >= 11 is 6.05. The van der Waals surface area contributed by atoms with Gasteiger partial charge in [-0.1, -0.05) is 35.0 Å². The summed E-state index contributed by atoms with van der Waals surface area (Å²) in [5.41, 5.74) is 1.05. The number of carbonyl (C=O) groups excluding carboxylic acids is 1. The van der Waals surface area contributed by atoms with Gasteiger partial charge >= 0.3 is 0 Å². The molecule has 8 heteroatoms. The molecule has 24 heavy (non-hydrogen) atoms. The normalized spacial score (nSPS) is 10.4. The highest BCUT2D eigenvalue weighted by molar-refractivity contribution is 6.31. The third-order valence-electron chi connectivity index (χ3n) is 3.18. The van der Waals surface area contributed by atoms with E-state index in [9.17, 15) is 4.79 Å². The van der Waals surface area contributed by atoms with Gasteiger partial charge in [-0.15, -0.1) is 10.2 Å². The molecule has 0 radical (unpaired) electrons. The largest absolute Gasteiger partial charge is 0.360 e. The van der Waals surface area contributed by atoms with Crippen molar-refractivity contribution in [3.63, 3.8) is 0 Å². The molecule has 122 valence electrons. The van der Waals surface area contributed by atoms with Gasteiger partial charge in [-0.05, 0) is 30.7 Å². The van der Waals surface area contributed by atoms with Gasteiger partial charge in [0.2, 0.25) is 0 Å². The van der Waals surface area contributed by atoms with Gasteiger partial charge in [0, 0.05) is 17.6 Å². The molecule has 0 spiro atoms. The Labute approximate surface area is 143 Å². The number of aromatic nitrogens is 3. The first-order valence-electron chi connectivity index (χ1n) is 7.17. The van der Waals surface area contributed by atoms with E-state index in [1.807, 2.05) is 18.2 Å². The molecule has 0 unspecified atom stereocenters. The number of rotatable bonds is 5. The molecule has 2 N–H and O–H groups in total. The van der Waals surface area contributed by atoms with Crippen LogP contribution in [0.1, 0.15) is 21.8 Å². The highest BCUT2D eigenvalue weighted by Gasteiger charge is 2.09. The Bertz CT molecular complexity index is 848. The van der Waals surface area contributed by atoms with E-state index >= 15 is 0 Å². The third-order valence-corrected chi connectivity index (χ3v) is 3.55. The smallest absolute Gasteiger partial charge is 0.272 e. The van der Waals surface area contributed by atoms with Crippen LogP contribution in [-0.4, -0.2) is 21.3 Å². The zero-order chi connectivity index (χ0) is 16.9. The molecule has 0 bridgehead atoms. The third kappa shape index (κ3) is 3.88. The Kier molecular flexibility index (Phi) is 4.72. The summed E-state index contributed by atoms with van der Waals surface area (Å²) < 4.78 is 4.95. The van der Waals surface area contributed by atoms with E-state index in [1.165, 1.54) is 0 Å². The SMILES string of the molecule is Cc1cc(Nc2ccc(C(=O)NCc3ccccc3Cl)nn2)no1. The minimum Gasteiger partial charge on any atom is -0.360 e. The van der Waals surface area contributed by atoms with Crippen LogP contribution in [0.25, 0.3) is 0 Å². The van der Waals surface area contributed by atoms with Crippen molar-refractivity contribution in [2.24, 2.45) is 0 Å². The van der Waals surface area contributed by atoms with Crippen LogP contribution in [0.3, 0.4) is 0 Å². The Morgan fingerprint density at radius 3 is 2.67 bits per heavy atom. The molecule has 0 fully saturated rings. The lowest BCUT2D eigenvalue weighted by molar-refractivity contribution is 0.0945. The minimum atomic E-state index is -0.328. The predicted octanol–water partition coefficient (Wildman–Crippen LogP) is 3.10. The van der Waals surface area contributed by atoms with E-state index in [0.717, 1.165) is 5.56 Å². The molecule has 3 rings (SSSR count). The number of hydrogen-bond acceptors (Lipinski definition) is 6. The first-order chi connectivity index (χ1) is 11.6. The van der Waals surface area contributed by atoms with E-state index in [0.29, 0.717) is 29.0 Å². The zero-order valence-corrected chi connectivity index (χ0v) is 13.5. The second-order valence-electron chi connectivity index (χ2n) is 5.03. The van der Waals surface area contributed by atoms with Gasteiger partial charge in [-0.25, -0.2) is 0 Å². The molecular formula is C16H14ClN5O2. The lowest BCUT2D eigenvalue weighted by Gasteiger charge is -2.06. The number of aryl methyl sites for hydroxylation is 1. The summed E-state index contributed by atoms with van der Waals surface area (Å²) in [6.45, 7) is 2.11. The van der Waals surface area contributed by atoms with E-state index in [1.54, 1.807) is 31.2 Å². The van der Waals surface area contributed by atoms with Crippen LogP contribution >= 0.6 is 11.6 Å². The monoisotopic (exact) mass is 343 g/mol. The van der Waals surface area contributed by atoms with Crippen molar-refractivity contribution in [3.05, 3.63) is 64.5 Å². The number of carbonyl (C=O) groups is 1. The van der Waals surface area contributed by atoms with Gasteiger partial charge in [0.15, 0.2) is 17.3 Å². The Hall–Kier alpha value is -2.93. The van der Waals surface area contributed by atoms with Crippen LogP contribution < -0.4 is 10.6 Å². The molecule has 7 nitrogen and oxygen atoms in total. The minimum absolute atomic E-state index is 0.212. The topological polar surface area (TPSA) is 92.9 Å². The van der Waals surface area contributed by atoms with Crippen molar-refractivity contribution in [2.45, 2.75) is 13.5 Å². The van der Waals surface area contributed by atoms with Crippen molar-refractivity contribution in [2.75, 3.05) is 5.32 Å². The molecule has 0 saturated heterocycles. The molecule has 0 aliphatic heterocycles. The number of halogens is 1. The number of nitrogens with zero attached hydrogens (tertiary/aromatic N) is 3. The van der Waals surface area contributed by atoms with E-state index in [-0.39, 0.29) is 11.6 Å². The average Bonchev–Trinajstić information content (AvgIpc) is 2.99. The maximum absolute atomic E-state index is 12.1. The van der Waals surface area contributed by atoms with E-state index in [4.69, 9.17) is 16.1 Å². The van der Waals surface area contributed by atoms with Crippen LogP contribution in [-0.2, 0) is 6.54 Å². The van der Waals surface area contributed by atoms with Crippen molar-refractivity contribution in [3.8, 4) is 0 Å². The fourth-order valence-corrected chi connectivity index (χ4v) is 2.19. The van der Waals surface area contributed by atoms with Gasteiger partial charge < -0.3 is 15.2 Å². The number of nitrogens with one attached hydrogen (secondary N) is 2. The van der Waals surface area contributed by atoms with Crippen molar-refractivity contribution in [1.82, 2.24) is 20.7 Å². The average molecular weight is 344 g/mol. The highest BCUT2D eigenvalue weighted by Crippen LogP contribution is 2.15. The maximum Gasteiger partial charge on any atom is 0.272 e. The lowest BCUT2D eigenvalue weighted by Crippen LogP contribution is -2.24. The second kappa shape index (κ2) is 7.10. The first-order valence-corrected chi connectivity index (χ1v) is 7.55. The molecule has 1 aromatic carbocycles. The highest BCUT2D eigenvalue weighted by atomic mass is 35.5. The fraction of sp³-hybridized carbons (Fsp3) is 0.125. The van der Waals surface area contributed by atoms with Crippen molar-refractivity contribution < 1.29 is 9.32 Å². The standard InChI is InChI=1S/C16H14ClN5O2/c1-10-8-15(22-24-10)19-14-7-6-13(20-21-14)16(23)18-9-11-4-2-3-5-12(11)17/h2-8H,9H2,1H3,(H,18,23)(H,19,21,22). The van der Waals surface area contributed by atoms with Gasteiger partial charge in [0.25, 0.3) is 5.91 Å². The summed E-state index contributed by atoms with van der Waals surface area (Å²) in [5.74, 6) is 1.34.